The van der Waals surface area contributed by atoms with Gasteiger partial charge in [0.2, 0.25) is 0 Å². The minimum atomic E-state index is -1.78. The number of ether oxygens (including phenoxy) is 2. The number of aldehydes is 1. The Bertz CT molecular complexity index is 3690. The third-order valence-electron chi connectivity index (χ3n) is 31.2. The molecule has 93 heavy (non-hydrogen) atoms. The van der Waals surface area contributed by atoms with Crippen molar-refractivity contribution in [1.82, 2.24) is 5.32 Å². The first-order valence-electron chi connectivity index (χ1n) is 37.4. The summed E-state index contributed by atoms with van der Waals surface area (Å²) in [7, 11) is 2.01. The highest BCUT2D eigenvalue weighted by atomic mass is 16.5. The predicted molar refractivity (Wildman–Crippen MR) is 358 cm³/mol. The minimum Gasteiger partial charge on any atom is -0.454 e. The molecule has 26 atom stereocenters. The third kappa shape index (κ3) is 8.71. The topological polar surface area (TPSA) is 146 Å². The summed E-state index contributed by atoms with van der Waals surface area (Å²) in [6.45, 7) is 2.42. The Hall–Kier alpha value is -4.92. The normalized spacial score (nSPS) is 47.8. The summed E-state index contributed by atoms with van der Waals surface area (Å²) in [5.41, 5.74) is 0.997. The van der Waals surface area contributed by atoms with Crippen LogP contribution in [0.3, 0.4) is 0 Å². The number of aliphatic hydroxyl groups excluding tert-OH is 1. The number of hydrogen-bond donors (Lipinski definition) is 5. The molecule has 0 radical (unpaired) electrons. The molecule has 4 aromatic rings. The molecule has 15 aliphatic rings. The zero-order valence-corrected chi connectivity index (χ0v) is 55.2. The van der Waals surface area contributed by atoms with E-state index in [4.69, 9.17) is 9.47 Å². The van der Waals surface area contributed by atoms with E-state index in [-0.39, 0.29) is 72.8 Å². The quantitative estimate of drug-likeness (QED) is 0.0724. The highest BCUT2D eigenvalue weighted by Crippen LogP contribution is 2.82. The van der Waals surface area contributed by atoms with Crippen molar-refractivity contribution >= 4 is 12.3 Å². The summed E-state index contributed by atoms with van der Waals surface area (Å²) in [6, 6.07) is 37.6. The molecule has 19 rings (SSSR count). The fraction of sp³-hybridized carbons (Fsp3) is 0.643. The summed E-state index contributed by atoms with van der Waals surface area (Å²) in [4.78, 5) is 30.7. The van der Waals surface area contributed by atoms with Crippen LogP contribution in [-0.2, 0) is 51.4 Å². The Labute approximate surface area is 552 Å². The molecule has 0 amide bonds. The van der Waals surface area contributed by atoms with E-state index in [0.717, 1.165) is 106 Å². The maximum Gasteiger partial charge on any atom is 0.331 e. The van der Waals surface area contributed by atoms with E-state index in [0.29, 0.717) is 92.8 Å². The van der Waals surface area contributed by atoms with Crippen LogP contribution in [-0.4, -0.2) is 80.9 Å². The molecule has 9 heteroatoms. The second-order valence-corrected chi connectivity index (χ2v) is 34.6. The van der Waals surface area contributed by atoms with Crippen LogP contribution >= 0.6 is 0 Å². The lowest BCUT2D eigenvalue weighted by Gasteiger charge is -2.75. The van der Waals surface area contributed by atoms with E-state index in [1.807, 2.05) is 25.3 Å². The molecule has 0 aromatic heterocycles. The molecule has 490 valence electrons. The van der Waals surface area contributed by atoms with Gasteiger partial charge in [-0.3, -0.25) is 0 Å². The zero-order chi connectivity index (χ0) is 63.0. The Morgan fingerprint density at radius 2 is 1.48 bits per heavy atom. The third-order valence-corrected chi connectivity index (χ3v) is 31.2. The molecule has 1 saturated heterocycles. The molecule has 4 aromatic carbocycles. The maximum atomic E-state index is 16.2. The second kappa shape index (κ2) is 22.0. The van der Waals surface area contributed by atoms with Gasteiger partial charge in [-0.05, 0) is 284 Å². The van der Waals surface area contributed by atoms with Crippen molar-refractivity contribution < 1.29 is 39.5 Å². The van der Waals surface area contributed by atoms with E-state index in [9.17, 15) is 9.90 Å². The van der Waals surface area contributed by atoms with E-state index in [1.165, 1.54) is 47.8 Å². The lowest BCUT2D eigenvalue weighted by atomic mass is 9.32. The molecule has 3 aliphatic heterocycles. The van der Waals surface area contributed by atoms with Crippen LogP contribution in [0.1, 0.15) is 187 Å². The van der Waals surface area contributed by atoms with E-state index in [1.54, 1.807) is 0 Å². The Morgan fingerprint density at radius 3 is 2.30 bits per heavy atom. The van der Waals surface area contributed by atoms with Crippen molar-refractivity contribution in [3.63, 3.8) is 0 Å². The van der Waals surface area contributed by atoms with E-state index >= 15 is 20.1 Å². The SMILES string of the molecule is CN[C@@H]1Cc2c(cccc2CO)C#C[C@]2(CC[C@@H](Cc3ccccc3)C2)C[C@]23CC[C@H]4[C@@](O)(C[C@H]5C[C@@H]6CC[C@@H]7[C@H]8O[C@@H](Cc9cccc(c9)C[C@@H]9CC[C@@H](C9)[C@H]6C)C[C@H]6C[C@@H]9C[C@H](c%10ccccc%10)CC[C@@H]9[C@]68C[C@@]4(C=O)[C@]57O)[C@@]2(O)C[C@H]2C[C@@H]1[C@H]1OC(=O)C=C1[C@@H]23. The number of likely N-dealkylation sites (N-methyl/N-ethyl adjacent to an activating group) is 1. The summed E-state index contributed by atoms with van der Waals surface area (Å²) >= 11 is 0. The molecule has 0 unspecified atom stereocenters. The van der Waals surface area contributed by atoms with Crippen molar-refractivity contribution in [2.24, 2.45) is 105 Å². The van der Waals surface area contributed by atoms with Gasteiger partial charge in [0.05, 0.1) is 35.4 Å². The van der Waals surface area contributed by atoms with Gasteiger partial charge < -0.3 is 40.0 Å². The number of esters is 1. The van der Waals surface area contributed by atoms with Crippen LogP contribution in [0.2, 0.25) is 0 Å². The lowest BCUT2D eigenvalue weighted by molar-refractivity contribution is -0.371. The van der Waals surface area contributed by atoms with Crippen LogP contribution in [0, 0.1) is 116 Å². The van der Waals surface area contributed by atoms with Gasteiger partial charge in [-0.25, -0.2) is 4.79 Å². The van der Waals surface area contributed by atoms with Crippen LogP contribution < -0.4 is 5.32 Å². The zero-order valence-electron chi connectivity index (χ0n) is 55.2. The largest absolute Gasteiger partial charge is 0.454 e. The molecule has 3 heterocycles. The first kappa shape index (κ1) is 60.5. The maximum absolute atomic E-state index is 16.2. The standard InChI is InChI=1S/C84H101NO8/c1-50-58-20-19-54(34-58)33-52-13-9-14-53(32-52)35-66-40-64-38-62-36-60(56-15-7-4-8-16-56)22-23-70(62)81(64)48-80(49-87)73-27-30-79-47-78(28-25-55(43-78)31-51-11-5-3-6-12-51)29-26-57-17-10-18-61(46-86)67(57)41-72(85-2)68-39-63(75(79)69-42-74(88)93-76(68)69)44-83(79,90)82(73,89)45-65-37-59(50)21-24-71(77(81)92-66)84(65,80)91/h3-18,32,42,49-50,54-55,58-60,62-66,68,70-73,75-77,85-86,89-91H,19-25,27-28,30-31,33-41,43-48H2,1-2H3/t50-,54+,55+,58+,59+,60-,62+,63-,64-,65-,66+,68+,70+,71-,72-,73-,75-,76-,77-,78+,79+,80+,81+,82+,83-,84+/m1/s1. The molecule has 11 fully saturated rings. The molecule has 12 aliphatic carbocycles. The number of aliphatic hydroxyl groups is 4. The summed E-state index contributed by atoms with van der Waals surface area (Å²) in [5, 5.41) is 61.8. The Morgan fingerprint density at radius 1 is 0.710 bits per heavy atom. The van der Waals surface area contributed by atoms with Crippen molar-refractivity contribution in [2.45, 2.75) is 221 Å². The number of benzene rings is 4. The van der Waals surface area contributed by atoms with Crippen LogP contribution in [0.25, 0.3) is 0 Å². The van der Waals surface area contributed by atoms with Gasteiger partial charge in [0.1, 0.15) is 18.0 Å². The minimum absolute atomic E-state index is 0.0147. The summed E-state index contributed by atoms with van der Waals surface area (Å²) in [6.07, 6.45) is 23.0. The van der Waals surface area contributed by atoms with Gasteiger partial charge in [0.15, 0.2) is 0 Å². The van der Waals surface area contributed by atoms with Crippen molar-refractivity contribution in [2.75, 3.05) is 7.05 Å². The molecular weight excluding hydrogens is 1150 g/mol. The predicted octanol–water partition coefficient (Wildman–Crippen LogP) is 13.4. The van der Waals surface area contributed by atoms with Gasteiger partial charge in [0, 0.05) is 51.7 Å². The smallest absolute Gasteiger partial charge is 0.331 e. The van der Waals surface area contributed by atoms with Gasteiger partial charge in [0.25, 0.3) is 0 Å². The molecular formula is C84H101NO8. The fourth-order valence-electron chi connectivity index (χ4n) is 27.9. The summed E-state index contributed by atoms with van der Waals surface area (Å²) < 4.78 is 14.8. The molecule has 5 N–H and O–H groups in total. The van der Waals surface area contributed by atoms with E-state index < -0.39 is 56.4 Å². The number of nitrogens with one attached hydrogen (secondary N) is 1. The molecule has 10 saturated carbocycles. The highest BCUT2D eigenvalue weighted by Gasteiger charge is 2.86. The molecule has 12 bridgehead atoms. The second-order valence-electron chi connectivity index (χ2n) is 34.6. The average Bonchev–Trinajstić information content (AvgIpc) is 1.62. The lowest BCUT2D eigenvalue weighted by Crippen LogP contribution is -2.83. The summed E-state index contributed by atoms with van der Waals surface area (Å²) in [5.74, 6) is 9.24. The van der Waals surface area contributed by atoms with Gasteiger partial charge >= 0.3 is 5.97 Å². The van der Waals surface area contributed by atoms with Gasteiger partial charge in [-0.2, -0.15) is 0 Å². The number of carbonyl (C=O) groups excluding carboxylic acids is 2. The fourth-order valence-corrected chi connectivity index (χ4v) is 27.9. The van der Waals surface area contributed by atoms with Crippen LogP contribution in [0.4, 0.5) is 0 Å². The number of hydrogen-bond acceptors (Lipinski definition) is 9. The van der Waals surface area contributed by atoms with Crippen LogP contribution in [0.5, 0.6) is 0 Å². The first-order chi connectivity index (χ1) is 45.1. The average molecular weight is 1250 g/mol. The number of fused-ring (bicyclic) bond motifs is 12. The van der Waals surface area contributed by atoms with Crippen LogP contribution in [0.15, 0.2) is 115 Å². The van der Waals surface area contributed by atoms with Gasteiger partial charge in [-0.1, -0.05) is 116 Å². The highest BCUT2D eigenvalue weighted by molar-refractivity contribution is 5.86. The van der Waals surface area contributed by atoms with E-state index in [2.05, 4.69) is 115 Å². The first-order valence-corrected chi connectivity index (χ1v) is 37.4. The molecule has 3 spiro atoms. The van der Waals surface area contributed by atoms with Gasteiger partial charge in [-0.15, -0.1) is 0 Å². The molecule has 9 nitrogen and oxygen atoms in total. The Kier molecular flexibility index (Phi) is 14.3. The van der Waals surface area contributed by atoms with Crippen molar-refractivity contribution in [3.8, 4) is 11.8 Å². The number of rotatable bonds is 6. The monoisotopic (exact) mass is 1250 g/mol. The number of carbonyl (C=O) groups is 2. The van der Waals surface area contributed by atoms with Crippen molar-refractivity contribution in [3.05, 3.63) is 154 Å². The van der Waals surface area contributed by atoms with Crippen molar-refractivity contribution in [1.29, 1.82) is 0 Å². The Balaban J connectivity index is 0.829.